The Kier molecular flexibility index (Phi) is 9.50. The number of fused-ring (bicyclic) bond motifs is 13. The second-order valence-corrected chi connectivity index (χ2v) is 20.0. The summed E-state index contributed by atoms with van der Waals surface area (Å²) in [5.41, 5.74) is 15.9. The molecule has 0 spiro atoms. The number of nitrogens with zero attached hydrogens (tertiary/aromatic N) is 9. The third-order valence-electron chi connectivity index (χ3n) is 15.9. The van der Waals surface area contributed by atoms with E-state index in [4.69, 9.17) is 15.0 Å². The van der Waals surface area contributed by atoms with E-state index in [9.17, 15) is 0 Å². The van der Waals surface area contributed by atoms with Crippen molar-refractivity contribution in [1.29, 1.82) is 0 Å². The maximum atomic E-state index is 5.59. The van der Waals surface area contributed by atoms with Gasteiger partial charge in [0.1, 0.15) is 0 Å². The van der Waals surface area contributed by atoms with Crippen molar-refractivity contribution in [3.05, 3.63) is 248 Å². The molecule has 6 aromatic heterocycles. The summed E-state index contributed by atoms with van der Waals surface area (Å²) in [5.74, 6) is 1.56. The van der Waals surface area contributed by atoms with E-state index in [1.807, 2.05) is 6.08 Å². The Morgan fingerprint density at radius 2 is 0.692 bits per heavy atom. The van der Waals surface area contributed by atoms with Crippen LogP contribution in [0.5, 0.6) is 0 Å². The quantitative estimate of drug-likeness (QED) is 0.142. The topological polar surface area (TPSA) is 75.7 Å². The van der Waals surface area contributed by atoms with E-state index in [1.165, 1.54) is 21.5 Å². The van der Waals surface area contributed by atoms with Gasteiger partial charge in [0.15, 0.2) is 5.82 Å². The van der Waals surface area contributed by atoms with Gasteiger partial charge in [-0.1, -0.05) is 140 Å². The van der Waals surface area contributed by atoms with E-state index in [0.717, 1.165) is 110 Å². The number of aliphatic imine (C=N–C) groups is 1. The zero-order valence-corrected chi connectivity index (χ0v) is 42.3. The second kappa shape index (κ2) is 16.9. The van der Waals surface area contributed by atoms with Gasteiger partial charge in [-0.15, -0.1) is 0 Å². The maximum absolute atomic E-state index is 5.59. The monoisotopic (exact) mass is 999 g/mol. The highest BCUT2D eigenvalue weighted by molar-refractivity contribution is 6.14. The average Bonchev–Trinajstić information content (AvgIpc) is 4.47. The highest BCUT2D eigenvalue weighted by atomic mass is 15.3. The largest absolute Gasteiger partial charge is 0.313 e. The molecule has 6 heterocycles. The molecule has 0 radical (unpaired) electrons. The Labute approximate surface area is 446 Å². The van der Waals surface area contributed by atoms with Gasteiger partial charge in [0.25, 0.3) is 0 Å². The van der Waals surface area contributed by atoms with Crippen molar-refractivity contribution < 1.29 is 0 Å². The molecular weight excluding hydrogens is 955 g/mol. The summed E-state index contributed by atoms with van der Waals surface area (Å²) in [4.78, 5) is 20.7. The van der Waals surface area contributed by atoms with E-state index in [-0.39, 0.29) is 0 Å². The molecule has 0 atom stereocenters. The molecule has 9 heteroatoms. The normalized spacial score (nSPS) is 12.2. The number of para-hydroxylation sites is 7. The van der Waals surface area contributed by atoms with Gasteiger partial charge in [-0.2, -0.15) is 15.0 Å². The van der Waals surface area contributed by atoms with Gasteiger partial charge in [0.05, 0.1) is 49.7 Å². The third kappa shape index (κ3) is 6.36. The minimum Gasteiger partial charge on any atom is -0.313 e. The van der Waals surface area contributed by atoms with Gasteiger partial charge >= 0.3 is 0 Å². The third-order valence-corrected chi connectivity index (χ3v) is 15.9. The lowest BCUT2D eigenvalue weighted by Gasteiger charge is -2.14. The van der Waals surface area contributed by atoms with Crippen molar-refractivity contribution in [2.45, 2.75) is 6.92 Å². The minimum absolute atomic E-state index is 0.510. The number of aromatic nitrogens is 8. The summed E-state index contributed by atoms with van der Waals surface area (Å²) in [6.45, 7) is 5.86. The molecule has 78 heavy (non-hydrogen) atoms. The second-order valence-electron chi connectivity index (χ2n) is 20.0. The molecule has 0 aliphatic heterocycles. The molecule has 0 N–H and O–H groups in total. The molecule has 16 aromatic rings. The zero-order valence-electron chi connectivity index (χ0n) is 42.3. The van der Waals surface area contributed by atoms with Crippen molar-refractivity contribution in [1.82, 2.24) is 37.8 Å². The predicted octanol–water partition coefficient (Wildman–Crippen LogP) is 16.9. The fourth-order valence-electron chi connectivity index (χ4n) is 12.6. The Hall–Kier alpha value is -10.6. The molecule has 0 aliphatic carbocycles. The van der Waals surface area contributed by atoms with Crippen molar-refractivity contribution in [3.63, 3.8) is 0 Å². The van der Waals surface area contributed by atoms with E-state index >= 15 is 0 Å². The summed E-state index contributed by atoms with van der Waals surface area (Å²) >= 11 is 0. The molecule has 0 fully saturated rings. The van der Waals surface area contributed by atoms with E-state index in [1.54, 1.807) is 6.20 Å². The average molecular weight is 1000 g/mol. The maximum Gasteiger partial charge on any atom is 0.240 e. The molecule has 366 valence electrons. The van der Waals surface area contributed by atoms with Crippen molar-refractivity contribution >= 4 is 111 Å². The zero-order chi connectivity index (χ0) is 51.6. The molecule has 10 aromatic carbocycles. The lowest BCUT2D eigenvalue weighted by Crippen LogP contribution is -2.10. The Morgan fingerprint density at radius 3 is 1.13 bits per heavy atom. The van der Waals surface area contributed by atoms with Crippen LogP contribution >= 0.6 is 0 Å². The van der Waals surface area contributed by atoms with Crippen molar-refractivity contribution in [2.75, 3.05) is 0 Å². The summed E-state index contributed by atoms with van der Waals surface area (Å²) in [6, 6.07) is 82.4. The molecule has 9 nitrogen and oxygen atoms in total. The fourth-order valence-corrected chi connectivity index (χ4v) is 12.6. The summed E-state index contributed by atoms with van der Waals surface area (Å²) in [5, 5.41) is 10.4. The Bertz CT molecular complexity index is 4850. The number of hydrogen-bond donors (Lipinski definition) is 0. The molecule has 0 amide bonds. The first-order valence-corrected chi connectivity index (χ1v) is 26.2. The summed E-state index contributed by atoms with van der Waals surface area (Å²) in [7, 11) is 0. The van der Waals surface area contributed by atoms with E-state index < -0.39 is 0 Å². The van der Waals surface area contributed by atoms with Crippen molar-refractivity contribution in [2.24, 2.45) is 4.99 Å². The first-order valence-electron chi connectivity index (χ1n) is 26.2. The molecule has 16 rings (SSSR count). The highest BCUT2D eigenvalue weighted by Gasteiger charge is 2.24. The van der Waals surface area contributed by atoms with Gasteiger partial charge in [0.2, 0.25) is 11.9 Å². The first-order chi connectivity index (χ1) is 38.6. The van der Waals surface area contributed by atoms with E-state index in [0.29, 0.717) is 17.7 Å². The first kappa shape index (κ1) is 43.7. The molecule has 0 bridgehead atoms. The van der Waals surface area contributed by atoms with Crippen LogP contribution in [0.1, 0.15) is 11.3 Å². The number of rotatable bonds is 8. The van der Waals surface area contributed by atoms with Gasteiger partial charge in [-0.05, 0) is 111 Å². The van der Waals surface area contributed by atoms with Crippen LogP contribution in [0.4, 0.5) is 0 Å². The Morgan fingerprint density at radius 1 is 0.333 bits per heavy atom. The molecule has 0 saturated heterocycles. The van der Waals surface area contributed by atoms with Gasteiger partial charge in [-0.3, -0.25) is 14.1 Å². The standard InChI is InChI=1S/C69H45N9/c1-43-48(38-39-70-2)49-20-3-10-27-58(49)74(43)45-19-17-18-44(40-45)67-71-68(77-63-32-15-8-25-54(63)56-41-46(34-36-65(56)77)75-59-28-11-4-21-50(59)51-22-5-12-29-60(51)75)73-69(72-67)78-64-33-16-9-26-55(64)57-42-47(35-37-66(57)78)76-61-30-13-6-23-52(61)53-24-7-14-31-62(53)76/h3-42H,2H2,1H3/b39-38-. The lowest BCUT2D eigenvalue weighted by atomic mass is 10.1. The molecular formula is C69H45N9. The lowest BCUT2D eigenvalue weighted by molar-refractivity contribution is 0.892. The van der Waals surface area contributed by atoms with Gasteiger partial charge < -0.3 is 13.7 Å². The van der Waals surface area contributed by atoms with Gasteiger partial charge in [0, 0.05) is 88.6 Å². The number of hydrogen-bond acceptors (Lipinski definition) is 4. The fraction of sp³-hybridized carbons (Fsp3) is 0.0145. The van der Waals surface area contributed by atoms with Crippen molar-refractivity contribution in [3.8, 4) is 40.3 Å². The minimum atomic E-state index is 0.510. The van der Waals surface area contributed by atoms with Crippen LogP contribution in [-0.4, -0.2) is 44.5 Å². The molecule has 0 saturated carbocycles. The highest BCUT2D eigenvalue weighted by Crippen LogP contribution is 2.40. The van der Waals surface area contributed by atoms with Crippen LogP contribution in [0.3, 0.4) is 0 Å². The van der Waals surface area contributed by atoms with Crippen LogP contribution < -0.4 is 0 Å². The van der Waals surface area contributed by atoms with Crippen LogP contribution in [0, 0.1) is 6.92 Å². The SMILES string of the molecule is C=N/C=C\c1c(C)n(-c2cccc(-c3nc(-n4c5ccccc5c5cc(-n6c7ccccc7c7ccccc76)ccc54)nc(-n4c5ccccc5c5cc(-n6c7ccccc7c7ccccc76)ccc54)n3)c2)c2ccccc12. The smallest absolute Gasteiger partial charge is 0.240 e. The van der Waals surface area contributed by atoms with Crippen LogP contribution in [0.25, 0.3) is 145 Å². The van der Waals surface area contributed by atoms with E-state index in [2.05, 4.69) is 272 Å². The summed E-state index contributed by atoms with van der Waals surface area (Å²) in [6.07, 6.45) is 3.79. The number of benzene rings is 10. The molecule has 0 aliphatic rings. The van der Waals surface area contributed by atoms with Gasteiger partial charge in [-0.25, -0.2) is 0 Å². The predicted molar refractivity (Wildman–Crippen MR) is 323 cm³/mol. The molecule has 0 unspecified atom stereocenters. The van der Waals surface area contributed by atoms with Crippen LogP contribution in [0.15, 0.2) is 242 Å². The van der Waals surface area contributed by atoms with Crippen LogP contribution in [0.2, 0.25) is 0 Å². The summed E-state index contributed by atoms with van der Waals surface area (Å²) < 4.78 is 11.5. The van der Waals surface area contributed by atoms with Crippen LogP contribution in [-0.2, 0) is 0 Å². The Balaban J connectivity index is 0.947.